The van der Waals surface area contributed by atoms with Gasteiger partial charge in [-0.2, -0.15) is 0 Å². The average Bonchev–Trinajstić information content (AvgIpc) is 2.55. The van der Waals surface area contributed by atoms with Gasteiger partial charge in [0.05, 0.1) is 6.04 Å². The first-order chi connectivity index (χ1) is 6.20. The number of nitrogens with two attached hydrogens (primary N) is 1. The molecule has 0 aliphatic carbocycles. The van der Waals surface area contributed by atoms with Crippen molar-refractivity contribution in [3.05, 3.63) is 0 Å². The van der Waals surface area contributed by atoms with E-state index in [2.05, 4.69) is 0 Å². The number of hydrogen-bond donors (Lipinski definition) is 1. The van der Waals surface area contributed by atoms with Crippen LogP contribution in [0, 0.1) is 0 Å². The number of urea groups is 1. The van der Waals surface area contributed by atoms with Crippen LogP contribution >= 0.6 is 0 Å². The van der Waals surface area contributed by atoms with E-state index in [1.165, 1.54) is 0 Å². The van der Waals surface area contributed by atoms with Crippen molar-refractivity contribution in [2.24, 2.45) is 5.73 Å². The molecule has 2 N–H and O–H groups in total. The molecule has 0 unspecified atom stereocenters. The molecule has 13 heavy (non-hydrogen) atoms. The summed E-state index contributed by atoms with van der Waals surface area (Å²) in [4.78, 5) is 12.6. The molecule has 76 valence electrons. The first-order valence-corrected chi connectivity index (χ1v) is 4.32. The molecule has 1 atom stereocenters. The fraction of sp³-hybridized carbons (Fsp3) is 0.875. The van der Waals surface area contributed by atoms with Crippen molar-refractivity contribution in [3.63, 3.8) is 0 Å². The second kappa shape index (κ2) is 4.43. The van der Waals surface area contributed by atoms with Gasteiger partial charge in [-0.25, -0.2) is 4.79 Å². The minimum atomic E-state index is -0.401. The largest absolute Gasteiger partial charge is 0.354 e. The molecule has 1 saturated heterocycles. The third-order valence-electron chi connectivity index (χ3n) is 2.36. The SMILES string of the molecule is COC(OC)[C@@H]1CCCN1C(N)=O. The third-order valence-corrected chi connectivity index (χ3v) is 2.36. The Morgan fingerprint density at radius 2 is 2.15 bits per heavy atom. The second-order valence-electron chi connectivity index (χ2n) is 3.08. The fourth-order valence-corrected chi connectivity index (χ4v) is 1.76. The van der Waals surface area contributed by atoms with E-state index < -0.39 is 6.03 Å². The predicted octanol–water partition coefficient (Wildman–Crippen LogP) is 0.148. The molecule has 0 aromatic carbocycles. The van der Waals surface area contributed by atoms with Crippen LogP contribution in [0.15, 0.2) is 0 Å². The van der Waals surface area contributed by atoms with Crippen LogP contribution in [0.2, 0.25) is 0 Å². The molecule has 2 amide bonds. The molecule has 1 heterocycles. The molecule has 5 nitrogen and oxygen atoms in total. The quantitative estimate of drug-likeness (QED) is 0.641. The van der Waals surface area contributed by atoms with E-state index in [4.69, 9.17) is 15.2 Å². The molecule has 1 rings (SSSR count). The van der Waals surface area contributed by atoms with Gasteiger partial charge < -0.3 is 20.1 Å². The molecule has 0 saturated carbocycles. The second-order valence-corrected chi connectivity index (χ2v) is 3.08. The maximum Gasteiger partial charge on any atom is 0.315 e. The van der Waals surface area contributed by atoms with Crippen molar-refractivity contribution in [3.8, 4) is 0 Å². The molecule has 1 aliphatic rings. The van der Waals surface area contributed by atoms with E-state index >= 15 is 0 Å². The van der Waals surface area contributed by atoms with Crippen molar-refractivity contribution < 1.29 is 14.3 Å². The number of rotatable bonds is 3. The molecule has 1 aliphatic heterocycles. The van der Waals surface area contributed by atoms with Crippen molar-refractivity contribution in [2.75, 3.05) is 20.8 Å². The van der Waals surface area contributed by atoms with Crippen LogP contribution in [0.5, 0.6) is 0 Å². The van der Waals surface area contributed by atoms with E-state index in [1.807, 2.05) is 0 Å². The maximum atomic E-state index is 11.0. The summed E-state index contributed by atoms with van der Waals surface area (Å²) < 4.78 is 10.2. The van der Waals surface area contributed by atoms with Gasteiger partial charge in [0, 0.05) is 20.8 Å². The Bertz CT molecular complexity index is 182. The van der Waals surface area contributed by atoms with Gasteiger partial charge in [-0.15, -0.1) is 0 Å². The maximum absolute atomic E-state index is 11.0. The summed E-state index contributed by atoms with van der Waals surface area (Å²) in [6.45, 7) is 0.698. The van der Waals surface area contributed by atoms with Crippen LogP contribution in [-0.2, 0) is 9.47 Å². The van der Waals surface area contributed by atoms with Crippen LogP contribution < -0.4 is 5.73 Å². The standard InChI is InChI=1S/C8H16N2O3/c1-12-7(13-2)6-4-3-5-10(6)8(9)11/h6-7H,3-5H2,1-2H3,(H2,9,11)/t6-/m0/s1. The normalized spacial score (nSPS) is 22.7. The van der Waals surface area contributed by atoms with E-state index in [9.17, 15) is 4.79 Å². The number of carbonyl (C=O) groups excluding carboxylic acids is 1. The van der Waals surface area contributed by atoms with Crippen LogP contribution in [0.1, 0.15) is 12.8 Å². The highest BCUT2D eigenvalue weighted by Gasteiger charge is 2.33. The van der Waals surface area contributed by atoms with E-state index in [1.54, 1.807) is 19.1 Å². The lowest BCUT2D eigenvalue weighted by Crippen LogP contribution is -2.46. The molecule has 0 aromatic rings. The Labute approximate surface area is 77.8 Å². The average molecular weight is 188 g/mol. The molecular weight excluding hydrogens is 172 g/mol. The summed E-state index contributed by atoms with van der Waals surface area (Å²) in [6, 6.07) is -0.436. The molecular formula is C8H16N2O3. The summed E-state index contributed by atoms with van der Waals surface area (Å²) in [7, 11) is 3.12. The van der Waals surface area contributed by atoms with Gasteiger partial charge in [-0.3, -0.25) is 0 Å². The summed E-state index contributed by atoms with van der Waals surface area (Å²) in [5.74, 6) is 0. The Morgan fingerprint density at radius 1 is 1.54 bits per heavy atom. The first-order valence-electron chi connectivity index (χ1n) is 4.32. The van der Waals surface area contributed by atoms with Crippen molar-refractivity contribution >= 4 is 6.03 Å². The smallest absolute Gasteiger partial charge is 0.315 e. The highest BCUT2D eigenvalue weighted by molar-refractivity contribution is 5.72. The number of methoxy groups -OCH3 is 2. The fourth-order valence-electron chi connectivity index (χ4n) is 1.76. The van der Waals surface area contributed by atoms with Gasteiger partial charge >= 0.3 is 6.03 Å². The highest BCUT2D eigenvalue weighted by Crippen LogP contribution is 2.21. The lowest BCUT2D eigenvalue weighted by atomic mass is 10.2. The molecule has 0 aromatic heterocycles. The van der Waals surface area contributed by atoms with Gasteiger partial charge in [-0.1, -0.05) is 0 Å². The Balaban J connectivity index is 2.61. The number of carbonyl (C=O) groups is 1. The van der Waals surface area contributed by atoms with E-state index in [-0.39, 0.29) is 12.3 Å². The number of hydrogen-bond acceptors (Lipinski definition) is 3. The molecule has 5 heteroatoms. The number of nitrogens with zero attached hydrogens (tertiary/aromatic N) is 1. The Morgan fingerprint density at radius 3 is 2.62 bits per heavy atom. The third kappa shape index (κ3) is 2.10. The zero-order chi connectivity index (χ0) is 9.84. The molecule has 1 fully saturated rings. The van der Waals surface area contributed by atoms with E-state index in [0.717, 1.165) is 12.8 Å². The minimum absolute atomic E-state index is 0.0347. The topological polar surface area (TPSA) is 64.8 Å². The van der Waals surface area contributed by atoms with Gasteiger partial charge in [-0.05, 0) is 12.8 Å². The van der Waals surface area contributed by atoms with Gasteiger partial charge in [0.15, 0.2) is 6.29 Å². The van der Waals surface area contributed by atoms with Crippen molar-refractivity contribution in [2.45, 2.75) is 25.2 Å². The van der Waals surface area contributed by atoms with Crippen LogP contribution in [-0.4, -0.2) is 44.0 Å². The monoisotopic (exact) mass is 188 g/mol. The summed E-state index contributed by atoms with van der Waals surface area (Å²) >= 11 is 0. The molecule has 0 spiro atoms. The highest BCUT2D eigenvalue weighted by atomic mass is 16.7. The lowest BCUT2D eigenvalue weighted by Gasteiger charge is -2.28. The number of amides is 2. The lowest BCUT2D eigenvalue weighted by molar-refractivity contribution is -0.133. The predicted molar refractivity (Wildman–Crippen MR) is 47.1 cm³/mol. The van der Waals surface area contributed by atoms with Crippen molar-refractivity contribution in [1.82, 2.24) is 4.90 Å². The van der Waals surface area contributed by atoms with Crippen LogP contribution in [0.25, 0.3) is 0 Å². The Kier molecular flexibility index (Phi) is 3.50. The minimum Gasteiger partial charge on any atom is -0.354 e. The number of primary amides is 1. The van der Waals surface area contributed by atoms with E-state index in [0.29, 0.717) is 6.54 Å². The number of likely N-dealkylation sites (tertiary alicyclic amines) is 1. The first kappa shape index (κ1) is 10.3. The zero-order valence-corrected chi connectivity index (χ0v) is 8.03. The number of ether oxygens (including phenoxy) is 2. The summed E-state index contributed by atoms with van der Waals surface area (Å²) in [5, 5.41) is 0. The van der Waals surface area contributed by atoms with Gasteiger partial charge in [0.25, 0.3) is 0 Å². The molecule has 0 radical (unpaired) electrons. The van der Waals surface area contributed by atoms with Gasteiger partial charge in [0.1, 0.15) is 0 Å². The zero-order valence-electron chi connectivity index (χ0n) is 8.03. The summed E-state index contributed by atoms with van der Waals surface area (Å²) in [5.41, 5.74) is 5.21. The van der Waals surface area contributed by atoms with Crippen LogP contribution in [0.3, 0.4) is 0 Å². The summed E-state index contributed by atoms with van der Waals surface area (Å²) in [6.07, 6.45) is 1.47. The molecule has 0 bridgehead atoms. The van der Waals surface area contributed by atoms with Gasteiger partial charge in [0.2, 0.25) is 0 Å². The Hall–Kier alpha value is -0.810. The van der Waals surface area contributed by atoms with Crippen LogP contribution in [0.4, 0.5) is 4.79 Å². The van der Waals surface area contributed by atoms with Crippen molar-refractivity contribution in [1.29, 1.82) is 0 Å².